The average molecular weight is 480 g/mol. The van der Waals surface area contributed by atoms with Crippen LogP contribution in [0.25, 0.3) is 11.3 Å². The van der Waals surface area contributed by atoms with E-state index >= 15 is 0 Å². The molecule has 132 valence electrons. The second-order valence-electron chi connectivity index (χ2n) is 5.47. The van der Waals surface area contributed by atoms with Gasteiger partial charge in [-0.2, -0.15) is 4.98 Å². The maximum Gasteiger partial charge on any atom is 0.247 e. The van der Waals surface area contributed by atoms with E-state index in [1.54, 1.807) is 11.0 Å². The smallest absolute Gasteiger partial charge is 0.247 e. The molecule has 26 heavy (non-hydrogen) atoms. The van der Waals surface area contributed by atoms with Crippen molar-refractivity contribution in [1.29, 1.82) is 0 Å². The molecule has 7 nitrogen and oxygen atoms in total. The maximum absolute atomic E-state index is 12.5. The van der Waals surface area contributed by atoms with Crippen LogP contribution in [0.2, 0.25) is 0 Å². The predicted molar refractivity (Wildman–Crippen MR) is 105 cm³/mol. The number of aromatic nitrogens is 3. The molecule has 4 rings (SSSR count). The number of furan rings is 1. The number of halogens is 1. The van der Waals surface area contributed by atoms with Crippen molar-refractivity contribution in [3.05, 3.63) is 45.9 Å². The fourth-order valence-corrected chi connectivity index (χ4v) is 3.52. The summed E-state index contributed by atoms with van der Waals surface area (Å²) in [7, 11) is 0. The number of thioether (sulfide) groups is 1. The van der Waals surface area contributed by atoms with Crippen LogP contribution < -0.4 is 9.64 Å². The molecule has 2 aromatic heterocycles. The van der Waals surface area contributed by atoms with E-state index < -0.39 is 6.23 Å². The van der Waals surface area contributed by atoms with Crippen LogP contribution in [-0.2, 0) is 4.79 Å². The summed E-state index contributed by atoms with van der Waals surface area (Å²) in [6.07, 6.45) is 1.08. The van der Waals surface area contributed by atoms with Crippen LogP contribution >= 0.6 is 34.4 Å². The van der Waals surface area contributed by atoms with Crippen molar-refractivity contribution in [2.75, 3.05) is 11.2 Å². The molecule has 1 aromatic carbocycles. The van der Waals surface area contributed by atoms with Crippen molar-refractivity contribution in [2.45, 2.75) is 18.3 Å². The molecule has 0 saturated carbocycles. The molecule has 0 unspecified atom stereocenters. The molecule has 0 aliphatic carbocycles. The number of rotatable bonds is 2. The first-order valence-electron chi connectivity index (χ1n) is 7.68. The van der Waals surface area contributed by atoms with Gasteiger partial charge in [-0.05, 0) is 47.0 Å². The molecule has 3 heterocycles. The molecule has 0 saturated heterocycles. The first-order valence-corrected chi connectivity index (χ1v) is 9.98. The Hall–Kier alpha value is -2.14. The number of para-hydroxylation sites is 1. The van der Waals surface area contributed by atoms with E-state index in [-0.39, 0.29) is 5.91 Å². The van der Waals surface area contributed by atoms with Crippen molar-refractivity contribution in [2.24, 2.45) is 0 Å². The summed E-state index contributed by atoms with van der Waals surface area (Å²) in [4.78, 5) is 18.5. The lowest BCUT2D eigenvalue weighted by Crippen LogP contribution is -2.35. The molecule has 3 aromatic rings. The van der Waals surface area contributed by atoms with Crippen molar-refractivity contribution < 1.29 is 13.9 Å². The SMILES string of the molecule is CSc1nnc2c(n1)O[C@H](c1ccc(I)o1)N(C(C)=O)c1ccccc1-2. The predicted octanol–water partition coefficient (Wildman–Crippen LogP) is 3.90. The van der Waals surface area contributed by atoms with Gasteiger partial charge in [-0.25, -0.2) is 0 Å². The van der Waals surface area contributed by atoms with Crippen molar-refractivity contribution in [3.63, 3.8) is 0 Å². The molecule has 9 heteroatoms. The summed E-state index contributed by atoms with van der Waals surface area (Å²) in [5.41, 5.74) is 1.89. The Kier molecular flexibility index (Phi) is 4.57. The summed E-state index contributed by atoms with van der Waals surface area (Å²) in [6, 6.07) is 11.1. The van der Waals surface area contributed by atoms with E-state index in [0.29, 0.717) is 31.9 Å². The van der Waals surface area contributed by atoms with Gasteiger partial charge in [0.15, 0.2) is 15.2 Å². The molecule has 0 spiro atoms. The van der Waals surface area contributed by atoms with Gasteiger partial charge < -0.3 is 9.15 Å². The number of ether oxygens (including phenoxy) is 1. The Morgan fingerprint density at radius 2 is 2.04 bits per heavy atom. The van der Waals surface area contributed by atoms with Gasteiger partial charge in [-0.3, -0.25) is 9.69 Å². The fourth-order valence-electron chi connectivity index (χ4n) is 2.79. The lowest BCUT2D eigenvalue weighted by molar-refractivity contribution is -0.118. The van der Waals surface area contributed by atoms with Crippen molar-refractivity contribution in [1.82, 2.24) is 15.2 Å². The summed E-state index contributed by atoms with van der Waals surface area (Å²) in [5.74, 6) is 0.647. The minimum atomic E-state index is -0.787. The number of amides is 1. The highest BCUT2D eigenvalue weighted by Gasteiger charge is 2.36. The lowest BCUT2D eigenvalue weighted by Gasteiger charge is -2.28. The number of carbonyl (C=O) groups excluding carboxylic acids is 1. The number of benzene rings is 1. The van der Waals surface area contributed by atoms with Crippen LogP contribution in [0.4, 0.5) is 5.69 Å². The van der Waals surface area contributed by atoms with Gasteiger partial charge in [-0.15, -0.1) is 10.2 Å². The number of nitrogens with zero attached hydrogens (tertiary/aromatic N) is 4. The van der Waals surface area contributed by atoms with Crippen molar-refractivity contribution in [3.8, 4) is 17.1 Å². The van der Waals surface area contributed by atoms with E-state index in [4.69, 9.17) is 9.15 Å². The maximum atomic E-state index is 12.5. The summed E-state index contributed by atoms with van der Waals surface area (Å²) >= 11 is 3.44. The number of hydrogen-bond acceptors (Lipinski definition) is 7. The quantitative estimate of drug-likeness (QED) is 0.407. The largest absolute Gasteiger partial charge is 0.449 e. The first kappa shape index (κ1) is 17.3. The van der Waals surface area contributed by atoms with E-state index in [2.05, 4.69) is 37.8 Å². The number of anilines is 1. The molecule has 1 atom stereocenters. The molecule has 1 aliphatic rings. The molecule has 0 bridgehead atoms. The number of fused-ring (bicyclic) bond motifs is 3. The van der Waals surface area contributed by atoms with Gasteiger partial charge in [0, 0.05) is 12.5 Å². The highest BCUT2D eigenvalue weighted by molar-refractivity contribution is 14.1. The fraction of sp³-hybridized carbons (Fsp3) is 0.176. The van der Waals surface area contributed by atoms with E-state index in [1.807, 2.05) is 36.6 Å². The molecule has 0 fully saturated rings. The zero-order valence-electron chi connectivity index (χ0n) is 13.8. The molecule has 0 radical (unpaired) electrons. The second kappa shape index (κ2) is 6.88. The zero-order chi connectivity index (χ0) is 18.3. The van der Waals surface area contributed by atoms with Gasteiger partial charge in [0.25, 0.3) is 0 Å². The zero-order valence-corrected chi connectivity index (χ0v) is 16.8. The van der Waals surface area contributed by atoms with Crippen LogP contribution in [0.5, 0.6) is 5.88 Å². The third kappa shape index (κ3) is 2.94. The second-order valence-corrected chi connectivity index (χ2v) is 7.31. The van der Waals surface area contributed by atoms with E-state index in [1.165, 1.54) is 18.7 Å². The van der Waals surface area contributed by atoms with Crippen LogP contribution in [0.15, 0.2) is 46.0 Å². The molecular weight excluding hydrogens is 467 g/mol. The van der Waals surface area contributed by atoms with Crippen LogP contribution in [0, 0.1) is 3.77 Å². The van der Waals surface area contributed by atoms with E-state index in [0.717, 1.165) is 5.56 Å². The topological polar surface area (TPSA) is 81.3 Å². The Bertz CT molecular complexity index is 994. The molecule has 1 amide bonds. The standard InChI is InChI=1S/C17H13IN4O3S/c1-9(23)22-11-6-4-3-5-10(11)14-15(19-17(26-2)21-20-14)25-16(22)12-7-8-13(18)24-12/h3-8,16H,1-2H3/t16-/m1/s1. The number of carbonyl (C=O) groups is 1. The van der Waals surface area contributed by atoms with E-state index in [9.17, 15) is 4.79 Å². The van der Waals surface area contributed by atoms with Crippen molar-refractivity contribution >= 4 is 45.9 Å². The highest BCUT2D eigenvalue weighted by atomic mass is 127. The van der Waals surface area contributed by atoms with Crippen LogP contribution in [0.1, 0.15) is 18.9 Å². The number of hydrogen-bond donors (Lipinski definition) is 0. The van der Waals surface area contributed by atoms with Gasteiger partial charge >= 0.3 is 0 Å². The lowest BCUT2D eigenvalue weighted by atomic mass is 10.1. The van der Waals surface area contributed by atoms with Gasteiger partial charge in [0.2, 0.25) is 23.2 Å². The Morgan fingerprint density at radius 3 is 2.73 bits per heavy atom. The van der Waals surface area contributed by atoms with Gasteiger partial charge in [0.05, 0.1) is 5.69 Å². The summed E-state index contributed by atoms with van der Waals surface area (Å²) in [6.45, 7) is 1.49. The summed E-state index contributed by atoms with van der Waals surface area (Å²) < 4.78 is 12.6. The van der Waals surface area contributed by atoms with Gasteiger partial charge in [-0.1, -0.05) is 30.0 Å². The summed E-state index contributed by atoms with van der Waals surface area (Å²) in [5, 5.41) is 8.90. The third-order valence-electron chi connectivity index (χ3n) is 3.87. The Balaban J connectivity index is 1.97. The van der Waals surface area contributed by atoms with Crippen LogP contribution in [-0.4, -0.2) is 27.3 Å². The molecule has 1 aliphatic heterocycles. The minimum Gasteiger partial charge on any atom is -0.449 e. The third-order valence-corrected chi connectivity index (χ3v) is 4.99. The first-order chi connectivity index (χ1) is 12.6. The average Bonchev–Trinajstić information content (AvgIpc) is 3.01. The normalized spacial score (nSPS) is 15.7. The highest BCUT2D eigenvalue weighted by Crippen LogP contribution is 2.43. The Morgan fingerprint density at radius 1 is 1.23 bits per heavy atom. The Labute approximate surface area is 167 Å². The minimum absolute atomic E-state index is 0.181. The molecular formula is C17H13IN4O3S. The molecule has 0 N–H and O–H groups in total. The van der Waals surface area contributed by atoms with Crippen LogP contribution in [0.3, 0.4) is 0 Å². The monoisotopic (exact) mass is 480 g/mol. The van der Waals surface area contributed by atoms with Gasteiger partial charge in [0.1, 0.15) is 0 Å².